The Kier molecular flexibility index (Phi) is 3.91. The molecule has 0 aliphatic heterocycles. The lowest BCUT2D eigenvalue weighted by Crippen LogP contribution is -2.13. The molecule has 2 nitrogen and oxygen atoms in total. The first-order chi connectivity index (χ1) is 8.88. The zero-order valence-corrected chi connectivity index (χ0v) is 10.9. The molecule has 1 unspecified atom stereocenters. The molecule has 19 heavy (non-hydrogen) atoms. The second kappa shape index (κ2) is 5.30. The van der Waals surface area contributed by atoms with Crippen molar-refractivity contribution in [3.63, 3.8) is 0 Å². The molecular formula is C13H12F3NOS. The highest BCUT2D eigenvalue weighted by Gasteiger charge is 2.34. The summed E-state index contributed by atoms with van der Waals surface area (Å²) in [5, 5.41) is 12.6. The summed E-state index contributed by atoms with van der Waals surface area (Å²) < 4.78 is 38.5. The quantitative estimate of drug-likeness (QED) is 0.932. The van der Waals surface area contributed by atoms with Gasteiger partial charge in [0.05, 0.1) is 22.4 Å². The summed E-state index contributed by atoms with van der Waals surface area (Å²) in [4.78, 5) is 4.15. The highest BCUT2D eigenvalue weighted by Crippen LogP contribution is 2.35. The zero-order valence-electron chi connectivity index (χ0n) is 10.1. The number of aliphatic hydroxyl groups excluding tert-OH is 1. The average Bonchev–Trinajstić information content (AvgIpc) is 2.73. The summed E-state index contributed by atoms with van der Waals surface area (Å²) in [6, 6.07) is 5.07. The van der Waals surface area contributed by atoms with Crippen LogP contribution in [0.1, 0.15) is 27.9 Å². The van der Waals surface area contributed by atoms with Crippen LogP contribution in [0.5, 0.6) is 0 Å². The van der Waals surface area contributed by atoms with Gasteiger partial charge in [-0.05, 0) is 18.6 Å². The van der Waals surface area contributed by atoms with Crippen LogP contribution in [0.3, 0.4) is 0 Å². The summed E-state index contributed by atoms with van der Waals surface area (Å²) in [7, 11) is 0. The molecule has 1 atom stereocenters. The van der Waals surface area contributed by atoms with Gasteiger partial charge in [0.1, 0.15) is 0 Å². The predicted molar refractivity (Wildman–Crippen MR) is 67.0 cm³/mol. The lowest BCUT2D eigenvalue weighted by molar-refractivity contribution is -0.139. The van der Waals surface area contributed by atoms with Crippen LogP contribution in [0.2, 0.25) is 0 Å². The maximum absolute atomic E-state index is 12.8. The molecule has 102 valence electrons. The standard InChI is InChI=1S/C13H12F3NOS/c1-8-17-9(7-19-8)6-12(18)10-4-2-3-5-11(10)13(14,15)16/h2-5,7,12,18H,6H2,1H3. The van der Waals surface area contributed by atoms with Gasteiger partial charge >= 0.3 is 6.18 Å². The lowest BCUT2D eigenvalue weighted by Gasteiger charge is -2.16. The Morgan fingerprint density at radius 3 is 2.58 bits per heavy atom. The predicted octanol–water partition coefficient (Wildman–Crippen LogP) is 3.75. The molecule has 1 N–H and O–H groups in total. The van der Waals surface area contributed by atoms with E-state index in [-0.39, 0.29) is 12.0 Å². The first kappa shape index (κ1) is 14.0. The molecule has 6 heteroatoms. The molecule has 0 aliphatic carbocycles. The normalized spacial score (nSPS) is 13.5. The first-order valence-corrected chi connectivity index (χ1v) is 6.51. The minimum atomic E-state index is -4.46. The van der Waals surface area contributed by atoms with Crippen LogP contribution < -0.4 is 0 Å². The van der Waals surface area contributed by atoms with Crippen molar-refractivity contribution in [2.75, 3.05) is 0 Å². The highest BCUT2D eigenvalue weighted by atomic mass is 32.1. The number of hydrogen-bond donors (Lipinski definition) is 1. The number of nitrogens with zero attached hydrogens (tertiary/aromatic N) is 1. The summed E-state index contributed by atoms with van der Waals surface area (Å²) >= 11 is 1.41. The molecule has 2 rings (SSSR count). The molecule has 0 spiro atoms. The van der Waals surface area contributed by atoms with E-state index in [1.54, 1.807) is 5.38 Å². The first-order valence-electron chi connectivity index (χ1n) is 5.63. The van der Waals surface area contributed by atoms with Crippen molar-refractivity contribution in [3.05, 3.63) is 51.5 Å². The number of hydrogen-bond acceptors (Lipinski definition) is 3. The van der Waals surface area contributed by atoms with E-state index in [0.29, 0.717) is 5.69 Å². The topological polar surface area (TPSA) is 33.1 Å². The zero-order chi connectivity index (χ0) is 14.0. The Morgan fingerprint density at radius 2 is 2.00 bits per heavy atom. The van der Waals surface area contributed by atoms with Gasteiger partial charge in [-0.25, -0.2) is 4.98 Å². The van der Waals surface area contributed by atoms with Gasteiger partial charge in [-0.1, -0.05) is 18.2 Å². The highest BCUT2D eigenvalue weighted by molar-refractivity contribution is 7.09. The molecule has 0 saturated heterocycles. The number of benzene rings is 1. The molecular weight excluding hydrogens is 275 g/mol. The van der Waals surface area contributed by atoms with Gasteiger partial charge in [0.25, 0.3) is 0 Å². The van der Waals surface area contributed by atoms with Gasteiger partial charge in [0, 0.05) is 11.8 Å². The lowest BCUT2D eigenvalue weighted by atomic mass is 9.99. The monoisotopic (exact) mass is 287 g/mol. The number of halogens is 3. The molecule has 0 fully saturated rings. The third-order valence-electron chi connectivity index (χ3n) is 2.69. The van der Waals surface area contributed by atoms with Crippen LogP contribution >= 0.6 is 11.3 Å². The van der Waals surface area contributed by atoms with Gasteiger partial charge in [0.2, 0.25) is 0 Å². The van der Waals surface area contributed by atoms with E-state index >= 15 is 0 Å². The Balaban J connectivity index is 2.26. The van der Waals surface area contributed by atoms with Crippen molar-refractivity contribution >= 4 is 11.3 Å². The third kappa shape index (κ3) is 3.33. The number of rotatable bonds is 3. The number of alkyl halides is 3. The van der Waals surface area contributed by atoms with Crippen molar-refractivity contribution in [2.45, 2.75) is 25.6 Å². The minimum absolute atomic E-state index is 0.0808. The second-order valence-electron chi connectivity index (χ2n) is 4.16. The Morgan fingerprint density at radius 1 is 1.32 bits per heavy atom. The molecule has 1 aromatic carbocycles. The maximum atomic E-state index is 12.8. The molecule has 0 saturated carbocycles. The number of aromatic nitrogens is 1. The number of thiazole rings is 1. The van der Waals surface area contributed by atoms with Gasteiger partial charge in [-0.2, -0.15) is 13.2 Å². The van der Waals surface area contributed by atoms with E-state index in [4.69, 9.17) is 0 Å². The van der Waals surface area contributed by atoms with Crippen molar-refractivity contribution in [3.8, 4) is 0 Å². The molecule has 0 bridgehead atoms. The van der Waals surface area contributed by atoms with E-state index in [9.17, 15) is 18.3 Å². The molecule has 1 heterocycles. The second-order valence-corrected chi connectivity index (χ2v) is 5.23. The largest absolute Gasteiger partial charge is 0.416 e. The van der Waals surface area contributed by atoms with Crippen LogP contribution in [0.4, 0.5) is 13.2 Å². The van der Waals surface area contributed by atoms with E-state index < -0.39 is 17.8 Å². The fourth-order valence-electron chi connectivity index (χ4n) is 1.86. The van der Waals surface area contributed by atoms with Crippen molar-refractivity contribution in [2.24, 2.45) is 0 Å². The van der Waals surface area contributed by atoms with Crippen LogP contribution in [-0.2, 0) is 12.6 Å². The summed E-state index contributed by atoms with van der Waals surface area (Å²) in [5.41, 5.74) is -0.304. The Labute approximate surface area is 112 Å². The van der Waals surface area contributed by atoms with E-state index in [1.807, 2.05) is 6.92 Å². The molecule has 0 amide bonds. The van der Waals surface area contributed by atoms with Gasteiger partial charge < -0.3 is 5.11 Å². The average molecular weight is 287 g/mol. The van der Waals surface area contributed by atoms with Crippen LogP contribution in [0.15, 0.2) is 29.6 Å². The molecule has 1 aromatic heterocycles. The van der Waals surface area contributed by atoms with Crippen LogP contribution in [-0.4, -0.2) is 10.1 Å². The van der Waals surface area contributed by atoms with Crippen molar-refractivity contribution < 1.29 is 18.3 Å². The van der Waals surface area contributed by atoms with E-state index in [2.05, 4.69) is 4.98 Å². The SMILES string of the molecule is Cc1nc(CC(O)c2ccccc2C(F)(F)F)cs1. The van der Waals surface area contributed by atoms with Gasteiger partial charge in [0.15, 0.2) is 0 Å². The fraction of sp³-hybridized carbons (Fsp3) is 0.308. The van der Waals surface area contributed by atoms with Gasteiger partial charge in [-0.15, -0.1) is 11.3 Å². The Bertz CT molecular complexity index is 565. The smallest absolute Gasteiger partial charge is 0.388 e. The Hall–Kier alpha value is -1.40. The minimum Gasteiger partial charge on any atom is -0.388 e. The van der Waals surface area contributed by atoms with Crippen LogP contribution in [0, 0.1) is 6.92 Å². The summed E-state index contributed by atoms with van der Waals surface area (Å²) in [6.45, 7) is 1.81. The number of aliphatic hydroxyl groups is 1. The molecule has 0 radical (unpaired) electrons. The third-order valence-corrected chi connectivity index (χ3v) is 3.52. The van der Waals surface area contributed by atoms with Crippen molar-refractivity contribution in [1.29, 1.82) is 0 Å². The maximum Gasteiger partial charge on any atom is 0.416 e. The number of aryl methyl sites for hydroxylation is 1. The van der Waals surface area contributed by atoms with Crippen LogP contribution in [0.25, 0.3) is 0 Å². The fourth-order valence-corrected chi connectivity index (χ4v) is 2.48. The van der Waals surface area contributed by atoms with Crippen molar-refractivity contribution in [1.82, 2.24) is 4.98 Å². The molecule has 0 aliphatic rings. The summed E-state index contributed by atoms with van der Waals surface area (Å²) in [6.07, 6.45) is -5.59. The summed E-state index contributed by atoms with van der Waals surface area (Å²) in [5.74, 6) is 0. The van der Waals surface area contributed by atoms with Gasteiger partial charge in [-0.3, -0.25) is 0 Å². The van der Waals surface area contributed by atoms with E-state index in [0.717, 1.165) is 11.1 Å². The molecule has 2 aromatic rings. The van der Waals surface area contributed by atoms with E-state index in [1.165, 1.54) is 29.5 Å².